The maximum Gasteiger partial charge on any atom is 0.229 e. The van der Waals surface area contributed by atoms with Crippen LogP contribution in [-0.4, -0.2) is 5.78 Å². The second-order valence-electron chi connectivity index (χ2n) is 4.37. The van der Waals surface area contributed by atoms with Crippen molar-refractivity contribution in [1.29, 1.82) is 0 Å². The SMILES string of the molecule is O=C(c1cc2cc(Cl)cc(Cl)c2o1)c1ccc(Cl)cc1Cl. The Labute approximate surface area is 140 Å². The molecule has 0 N–H and O–H groups in total. The second-order valence-corrected chi connectivity index (χ2v) is 6.06. The van der Waals surface area contributed by atoms with Crippen molar-refractivity contribution in [1.82, 2.24) is 0 Å². The van der Waals surface area contributed by atoms with E-state index in [2.05, 4.69) is 0 Å². The van der Waals surface area contributed by atoms with Gasteiger partial charge in [-0.25, -0.2) is 0 Å². The fourth-order valence-corrected chi connectivity index (χ4v) is 3.04. The largest absolute Gasteiger partial charge is 0.451 e. The minimum absolute atomic E-state index is 0.137. The zero-order chi connectivity index (χ0) is 15.1. The van der Waals surface area contributed by atoms with Crippen LogP contribution >= 0.6 is 46.4 Å². The van der Waals surface area contributed by atoms with E-state index in [0.717, 1.165) is 0 Å². The first kappa shape index (κ1) is 14.7. The maximum absolute atomic E-state index is 12.4. The first-order valence-electron chi connectivity index (χ1n) is 5.84. The smallest absolute Gasteiger partial charge is 0.229 e. The van der Waals surface area contributed by atoms with Gasteiger partial charge in [-0.05, 0) is 36.4 Å². The fourth-order valence-electron chi connectivity index (χ4n) is 1.99. The summed E-state index contributed by atoms with van der Waals surface area (Å²) in [4.78, 5) is 12.4. The molecule has 0 aliphatic rings. The molecule has 2 nitrogen and oxygen atoms in total. The van der Waals surface area contributed by atoms with Crippen molar-refractivity contribution in [2.45, 2.75) is 0 Å². The molecule has 1 aromatic heterocycles. The van der Waals surface area contributed by atoms with E-state index in [0.29, 0.717) is 31.6 Å². The van der Waals surface area contributed by atoms with Gasteiger partial charge in [0.25, 0.3) is 0 Å². The summed E-state index contributed by atoms with van der Waals surface area (Å²) in [5, 5.41) is 2.18. The van der Waals surface area contributed by atoms with E-state index >= 15 is 0 Å². The normalized spacial score (nSPS) is 11.0. The first-order chi connectivity index (χ1) is 9.95. The van der Waals surface area contributed by atoms with Crippen molar-refractivity contribution >= 4 is 63.2 Å². The number of carbonyl (C=O) groups excluding carboxylic acids is 1. The third kappa shape index (κ3) is 2.77. The predicted molar refractivity (Wildman–Crippen MR) is 86.1 cm³/mol. The van der Waals surface area contributed by atoms with Gasteiger partial charge in [0.05, 0.1) is 10.0 Å². The molecule has 0 spiro atoms. The number of hydrogen-bond donors (Lipinski definition) is 0. The monoisotopic (exact) mass is 358 g/mol. The molecule has 2 aromatic carbocycles. The van der Waals surface area contributed by atoms with Gasteiger partial charge in [0.15, 0.2) is 11.3 Å². The Morgan fingerprint density at radius 3 is 2.29 bits per heavy atom. The van der Waals surface area contributed by atoms with Gasteiger partial charge in [-0.3, -0.25) is 4.79 Å². The van der Waals surface area contributed by atoms with Crippen LogP contribution in [0, 0.1) is 0 Å². The average Bonchev–Trinajstić information content (AvgIpc) is 2.82. The standard InChI is InChI=1S/C15H6Cl4O2/c16-8-1-2-10(11(18)5-8)14(20)13-4-7-3-9(17)6-12(19)15(7)21-13/h1-6H. The van der Waals surface area contributed by atoms with Gasteiger partial charge in [0.2, 0.25) is 5.78 Å². The highest BCUT2D eigenvalue weighted by Gasteiger charge is 2.19. The van der Waals surface area contributed by atoms with E-state index in [1.165, 1.54) is 6.07 Å². The highest BCUT2D eigenvalue weighted by Crippen LogP contribution is 2.32. The number of ketones is 1. The Balaban J connectivity index is 2.11. The van der Waals surface area contributed by atoms with E-state index in [4.69, 9.17) is 50.8 Å². The predicted octanol–water partition coefficient (Wildman–Crippen LogP) is 6.28. The Hall–Kier alpha value is -1.19. The van der Waals surface area contributed by atoms with E-state index < -0.39 is 0 Å². The highest BCUT2D eigenvalue weighted by molar-refractivity contribution is 6.39. The van der Waals surface area contributed by atoms with Crippen molar-refractivity contribution < 1.29 is 9.21 Å². The molecule has 3 rings (SSSR count). The molecule has 1 heterocycles. The Bertz CT molecular complexity index is 867. The lowest BCUT2D eigenvalue weighted by Crippen LogP contribution is -2.00. The number of hydrogen-bond acceptors (Lipinski definition) is 2. The van der Waals surface area contributed by atoms with Gasteiger partial charge < -0.3 is 4.42 Å². The second kappa shape index (κ2) is 5.54. The summed E-state index contributed by atoms with van der Waals surface area (Å²) in [6.45, 7) is 0. The van der Waals surface area contributed by atoms with Crippen LogP contribution in [0.4, 0.5) is 0 Å². The quantitative estimate of drug-likeness (QED) is 0.504. The number of rotatable bonds is 2. The number of fused-ring (bicyclic) bond motifs is 1. The van der Waals surface area contributed by atoms with Gasteiger partial charge in [-0.15, -0.1) is 0 Å². The molecule has 0 aliphatic heterocycles. The molecule has 106 valence electrons. The van der Waals surface area contributed by atoms with Crippen LogP contribution in [-0.2, 0) is 0 Å². The van der Waals surface area contributed by atoms with Gasteiger partial charge in [0, 0.05) is 21.0 Å². The summed E-state index contributed by atoms with van der Waals surface area (Å²) in [5.74, 6) is -0.210. The Morgan fingerprint density at radius 2 is 1.57 bits per heavy atom. The minimum atomic E-state index is -0.347. The van der Waals surface area contributed by atoms with Gasteiger partial charge in [-0.2, -0.15) is 0 Å². The van der Waals surface area contributed by atoms with Crippen LogP contribution in [0.2, 0.25) is 20.1 Å². The maximum atomic E-state index is 12.4. The molecule has 21 heavy (non-hydrogen) atoms. The summed E-state index contributed by atoms with van der Waals surface area (Å²) in [6.07, 6.45) is 0. The summed E-state index contributed by atoms with van der Waals surface area (Å²) in [5.41, 5.74) is 0.719. The third-order valence-electron chi connectivity index (χ3n) is 2.94. The van der Waals surface area contributed by atoms with Crippen LogP contribution in [0.15, 0.2) is 40.8 Å². The third-order valence-corrected chi connectivity index (χ3v) is 3.98. The lowest BCUT2D eigenvalue weighted by Gasteiger charge is -2.01. The first-order valence-corrected chi connectivity index (χ1v) is 7.35. The zero-order valence-corrected chi connectivity index (χ0v) is 13.3. The van der Waals surface area contributed by atoms with Crippen molar-refractivity contribution in [3.05, 3.63) is 67.8 Å². The molecule has 3 aromatic rings. The highest BCUT2D eigenvalue weighted by atomic mass is 35.5. The lowest BCUT2D eigenvalue weighted by molar-refractivity contribution is 0.101. The summed E-state index contributed by atoms with van der Waals surface area (Å²) in [6, 6.07) is 9.45. The molecular formula is C15H6Cl4O2. The van der Waals surface area contributed by atoms with E-state index in [1.807, 2.05) is 0 Å². The Morgan fingerprint density at radius 1 is 0.857 bits per heavy atom. The zero-order valence-electron chi connectivity index (χ0n) is 10.3. The summed E-state index contributed by atoms with van der Waals surface area (Å²) in [7, 11) is 0. The van der Waals surface area contributed by atoms with Crippen LogP contribution < -0.4 is 0 Å². The molecule has 0 unspecified atom stereocenters. The van der Waals surface area contributed by atoms with Crippen molar-refractivity contribution in [2.24, 2.45) is 0 Å². The molecule has 0 amide bonds. The molecule has 6 heteroatoms. The van der Waals surface area contributed by atoms with E-state index in [1.54, 1.807) is 30.3 Å². The minimum Gasteiger partial charge on any atom is -0.451 e. The van der Waals surface area contributed by atoms with Crippen molar-refractivity contribution in [2.75, 3.05) is 0 Å². The van der Waals surface area contributed by atoms with Crippen LogP contribution in [0.5, 0.6) is 0 Å². The summed E-state index contributed by atoms with van der Waals surface area (Å²) >= 11 is 23.8. The van der Waals surface area contributed by atoms with Gasteiger partial charge in [-0.1, -0.05) is 46.4 Å². The van der Waals surface area contributed by atoms with Crippen LogP contribution in [0.25, 0.3) is 11.0 Å². The molecule has 0 saturated carbocycles. The molecule has 0 atom stereocenters. The molecule has 0 radical (unpaired) electrons. The number of halogens is 4. The van der Waals surface area contributed by atoms with Crippen LogP contribution in [0.1, 0.15) is 16.1 Å². The van der Waals surface area contributed by atoms with Gasteiger partial charge >= 0.3 is 0 Å². The fraction of sp³-hybridized carbons (Fsp3) is 0. The molecular weight excluding hydrogens is 354 g/mol. The van der Waals surface area contributed by atoms with Crippen molar-refractivity contribution in [3.63, 3.8) is 0 Å². The van der Waals surface area contributed by atoms with Crippen LogP contribution in [0.3, 0.4) is 0 Å². The topological polar surface area (TPSA) is 30.2 Å². The molecule has 0 saturated heterocycles. The summed E-state index contributed by atoms with van der Waals surface area (Å²) < 4.78 is 5.52. The number of furan rings is 1. The molecule has 0 fully saturated rings. The average molecular weight is 360 g/mol. The lowest BCUT2D eigenvalue weighted by atomic mass is 10.1. The number of carbonyl (C=O) groups is 1. The molecule has 0 bridgehead atoms. The Kier molecular flexibility index (Phi) is 3.89. The molecule has 0 aliphatic carbocycles. The number of benzene rings is 2. The van der Waals surface area contributed by atoms with E-state index in [9.17, 15) is 4.79 Å². The van der Waals surface area contributed by atoms with E-state index in [-0.39, 0.29) is 16.6 Å². The van der Waals surface area contributed by atoms with Crippen molar-refractivity contribution in [3.8, 4) is 0 Å². The van der Waals surface area contributed by atoms with Gasteiger partial charge in [0.1, 0.15) is 0 Å².